The van der Waals surface area contributed by atoms with Crippen LogP contribution in [0, 0.1) is 0 Å². The Balaban J connectivity index is 1.90. The molecule has 0 bridgehead atoms. The van der Waals surface area contributed by atoms with E-state index in [9.17, 15) is 13.2 Å². The standard InChI is InChI=1S/C14H15ClN2O4S2/c1-17(6-7-21-12-4-2-11(15)3-5-12)14(18)10-8-13(22-9-10)23(16,19)20/h2-5,8-9H,6-7H2,1H3,(H2,16,19,20). The number of sulfonamides is 1. The molecule has 0 saturated carbocycles. The Morgan fingerprint density at radius 3 is 2.57 bits per heavy atom. The summed E-state index contributed by atoms with van der Waals surface area (Å²) in [4.78, 5) is 13.6. The Morgan fingerprint density at radius 2 is 2.00 bits per heavy atom. The van der Waals surface area contributed by atoms with Gasteiger partial charge in [0.2, 0.25) is 10.0 Å². The highest BCUT2D eigenvalue weighted by atomic mass is 35.5. The molecule has 0 atom stereocenters. The molecular formula is C14H15ClN2O4S2. The van der Waals surface area contributed by atoms with Gasteiger partial charge >= 0.3 is 0 Å². The second kappa shape index (κ2) is 7.31. The molecule has 124 valence electrons. The van der Waals surface area contributed by atoms with Crippen molar-refractivity contribution < 1.29 is 17.9 Å². The fraction of sp³-hybridized carbons (Fsp3) is 0.214. The number of benzene rings is 1. The molecule has 1 amide bonds. The minimum Gasteiger partial charge on any atom is -0.492 e. The van der Waals surface area contributed by atoms with Crippen molar-refractivity contribution in [3.05, 3.63) is 46.3 Å². The third-order valence-electron chi connectivity index (χ3n) is 2.96. The third kappa shape index (κ3) is 4.93. The number of nitrogens with two attached hydrogens (primary N) is 1. The largest absolute Gasteiger partial charge is 0.492 e. The van der Waals surface area contributed by atoms with Crippen molar-refractivity contribution in [2.75, 3.05) is 20.2 Å². The third-order valence-corrected chi connectivity index (χ3v) is 5.60. The molecule has 0 aliphatic heterocycles. The Kier molecular flexibility index (Phi) is 5.64. The van der Waals surface area contributed by atoms with Crippen LogP contribution in [0.5, 0.6) is 5.75 Å². The first-order valence-electron chi connectivity index (χ1n) is 6.52. The van der Waals surface area contributed by atoms with Gasteiger partial charge in [-0.05, 0) is 30.3 Å². The molecule has 1 heterocycles. The van der Waals surface area contributed by atoms with Gasteiger partial charge < -0.3 is 9.64 Å². The zero-order valence-corrected chi connectivity index (χ0v) is 14.6. The molecule has 23 heavy (non-hydrogen) atoms. The zero-order chi connectivity index (χ0) is 17.0. The Hall–Kier alpha value is -1.61. The highest BCUT2D eigenvalue weighted by Gasteiger charge is 2.17. The first-order chi connectivity index (χ1) is 10.8. The molecule has 6 nitrogen and oxygen atoms in total. The minimum atomic E-state index is -3.79. The lowest BCUT2D eigenvalue weighted by Crippen LogP contribution is -2.30. The number of hydrogen-bond acceptors (Lipinski definition) is 5. The molecule has 0 radical (unpaired) electrons. The number of likely N-dealkylation sites (N-methyl/N-ethyl adjacent to an activating group) is 1. The van der Waals surface area contributed by atoms with E-state index in [0.29, 0.717) is 23.9 Å². The highest BCUT2D eigenvalue weighted by Crippen LogP contribution is 2.20. The fourth-order valence-corrected chi connectivity index (χ4v) is 3.44. The number of halogens is 1. The first-order valence-corrected chi connectivity index (χ1v) is 9.33. The second-order valence-corrected chi connectivity index (χ2v) is 7.86. The average Bonchev–Trinajstić information content (AvgIpc) is 2.98. The van der Waals surface area contributed by atoms with Gasteiger partial charge in [0, 0.05) is 17.5 Å². The van der Waals surface area contributed by atoms with E-state index >= 15 is 0 Å². The van der Waals surface area contributed by atoms with Gasteiger partial charge in [-0.1, -0.05) is 11.6 Å². The van der Waals surface area contributed by atoms with E-state index in [1.54, 1.807) is 31.3 Å². The number of ether oxygens (including phenoxy) is 1. The summed E-state index contributed by atoms with van der Waals surface area (Å²) in [6, 6.07) is 8.18. The predicted octanol–water partition coefficient (Wildman–Crippen LogP) is 2.20. The number of carbonyl (C=O) groups excluding carboxylic acids is 1. The summed E-state index contributed by atoms with van der Waals surface area (Å²) >= 11 is 6.70. The molecule has 0 saturated heterocycles. The Labute approximate surface area is 143 Å². The van der Waals surface area contributed by atoms with E-state index in [0.717, 1.165) is 11.3 Å². The lowest BCUT2D eigenvalue weighted by atomic mass is 10.3. The topological polar surface area (TPSA) is 89.7 Å². The summed E-state index contributed by atoms with van der Waals surface area (Å²) in [5.41, 5.74) is 0.285. The zero-order valence-electron chi connectivity index (χ0n) is 12.2. The van der Waals surface area contributed by atoms with E-state index in [1.807, 2.05) is 0 Å². The summed E-state index contributed by atoms with van der Waals surface area (Å²) < 4.78 is 27.9. The van der Waals surface area contributed by atoms with Crippen LogP contribution in [0.4, 0.5) is 0 Å². The van der Waals surface area contributed by atoms with Crippen LogP contribution in [0.3, 0.4) is 0 Å². The SMILES string of the molecule is CN(CCOc1ccc(Cl)cc1)C(=O)c1csc(S(N)(=O)=O)c1. The smallest absolute Gasteiger partial charge is 0.254 e. The van der Waals surface area contributed by atoms with E-state index in [4.69, 9.17) is 21.5 Å². The number of nitrogens with zero attached hydrogens (tertiary/aromatic N) is 1. The van der Waals surface area contributed by atoms with Crippen LogP contribution in [0.15, 0.2) is 39.9 Å². The van der Waals surface area contributed by atoms with Crippen LogP contribution in [0.1, 0.15) is 10.4 Å². The number of rotatable bonds is 6. The van der Waals surface area contributed by atoms with Crippen LogP contribution < -0.4 is 9.88 Å². The van der Waals surface area contributed by atoms with Gasteiger partial charge in [-0.25, -0.2) is 13.6 Å². The highest BCUT2D eigenvalue weighted by molar-refractivity contribution is 7.91. The number of thiophene rings is 1. The molecule has 1 aromatic carbocycles. The van der Waals surface area contributed by atoms with Crippen molar-refractivity contribution in [2.24, 2.45) is 5.14 Å². The maximum Gasteiger partial charge on any atom is 0.254 e. The van der Waals surface area contributed by atoms with Crippen molar-refractivity contribution in [2.45, 2.75) is 4.21 Å². The summed E-state index contributed by atoms with van der Waals surface area (Å²) in [7, 11) is -2.17. The molecule has 1 aromatic heterocycles. The van der Waals surface area contributed by atoms with Gasteiger partial charge in [-0.3, -0.25) is 4.79 Å². The molecule has 0 fully saturated rings. The van der Waals surface area contributed by atoms with Crippen LogP contribution in [0.25, 0.3) is 0 Å². The van der Waals surface area contributed by atoms with Gasteiger partial charge in [0.05, 0.1) is 12.1 Å². The van der Waals surface area contributed by atoms with E-state index in [-0.39, 0.29) is 15.7 Å². The van der Waals surface area contributed by atoms with Gasteiger partial charge in [-0.2, -0.15) is 0 Å². The Bertz CT molecular complexity index is 787. The molecule has 2 aromatic rings. The number of hydrogen-bond donors (Lipinski definition) is 1. The maximum absolute atomic E-state index is 12.2. The summed E-state index contributed by atoms with van der Waals surface area (Å²) in [6.45, 7) is 0.651. The lowest BCUT2D eigenvalue weighted by molar-refractivity contribution is 0.0774. The summed E-state index contributed by atoms with van der Waals surface area (Å²) in [6.07, 6.45) is 0. The molecular weight excluding hydrogens is 360 g/mol. The number of amides is 1. The molecule has 0 spiro atoms. The molecule has 0 aliphatic rings. The van der Waals surface area contributed by atoms with Crippen molar-refractivity contribution in [1.82, 2.24) is 4.90 Å². The maximum atomic E-state index is 12.2. The summed E-state index contributed by atoms with van der Waals surface area (Å²) in [5.74, 6) is 0.359. The normalized spacial score (nSPS) is 11.3. The second-order valence-electron chi connectivity index (χ2n) is 4.73. The van der Waals surface area contributed by atoms with Gasteiger partial charge in [0.1, 0.15) is 16.6 Å². The summed E-state index contributed by atoms with van der Waals surface area (Å²) in [5, 5.41) is 7.12. The molecule has 0 aliphatic carbocycles. The fourth-order valence-electron chi connectivity index (χ4n) is 1.73. The average molecular weight is 375 g/mol. The van der Waals surface area contributed by atoms with Crippen molar-refractivity contribution >= 4 is 38.9 Å². The molecule has 9 heteroatoms. The molecule has 2 N–H and O–H groups in total. The van der Waals surface area contributed by atoms with Gasteiger partial charge in [-0.15, -0.1) is 11.3 Å². The van der Waals surface area contributed by atoms with Crippen molar-refractivity contribution in [3.63, 3.8) is 0 Å². The van der Waals surface area contributed by atoms with Crippen LogP contribution >= 0.6 is 22.9 Å². The van der Waals surface area contributed by atoms with Crippen LogP contribution in [0.2, 0.25) is 5.02 Å². The monoisotopic (exact) mass is 374 g/mol. The number of carbonyl (C=O) groups is 1. The predicted molar refractivity (Wildman–Crippen MR) is 89.6 cm³/mol. The van der Waals surface area contributed by atoms with Crippen LogP contribution in [-0.4, -0.2) is 39.4 Å². The lowest BCUT2D eigenvalue weighted by Gasteiger charge is -2.16. The van der Waals surface area contributed by atoms with Crippen LogP contribution in [-0.2, 0) is 10.0 Å². The van der Waals surface area contributed by atoms with Crippen molar-refractivity contribution in [3.8, 4) is 5.75 Å². The van der Waals surface area contributed by atoms with E-state index in [2.05, 4.69) is 0 Å². The number of primary sulfonamides is 1. The quantitative estimate of drug-likeness (QED) is 0.839. The van der Waals surface area contributed by atoms with E-state index < -0.39 is 10.0 Å². The minimum absolute atomic E-state index is 0.0355. The molecule has 0 unspecified atom stereocenters. The molecule has 2 rings (SSSR count). The first kappa shape index (κ1) is 17.7. The Morgan fingerprint density at radius 1 is 1.35 bits per heavy atom. The van der Waals surface area contributed by atoms with Gasteiger partial charge in [0.25, 0.3) is 5.91 Å². The van der Waals surface area contributed by atoms with Gasteiger partial charge in [0.15, 0.2) is 0 Å². The van der Waals surface area contributed by atoms with E-state index in [1.165, 1.54) is 16.3 Å². The van der Waals surface area contributed by atoms with Crippen molar-refractivity contribution in [1.29, 1.82) is 0 Å².